The zero-order chi connectivity index (χ0) is 16.9. The molecule has 1 fully saturated rings. The summed E-state index contributed by atoms with van der Waals surface area (Å²) in [5, 5.41) is 5.83. The summed E-state index contributed by atoms with van der Waals surface area (Å²) in [5.41, 5.74) is 1.04. The van der Waals surface area contributed by atoms with Gasteiger partial charge in [0.2, 0.25) is 5.91 Å². The van der Waals surface area contributed by atoms with Crippen molar-refractivity contribution in [3.63, 3.8) is 0 Å². The molecular formula is C17H22N4O2S. The maximum atomic E-state index is 11.8. The number of hydrogen-bond donors (Lipinski definition) is 2. The van der Waals surface area contributed by atoms with Gasteiger partial charge in [-0.25, -0.2) is 9.78 Å². The molecule has 1 aliphatic heterocycles. The van der Waals surface area contributed by atoms with Gasteiger partial charge in [0.1, 0.15) is 5.01 Å². The molecule has 0 radical (unpaired) electrons. The van der Waals surface area contributed by atoms with Crippen LogP contribution in [0, 0.1) is 0 Å². The van der Waals surface area contributed by atoms with Gasteiger partial charge in [-0.15, -0.1) is 11.3 Å². The monoisotopic (exact) mass is 346 g/mol. The topological polar surface area (TPSA) is 74.3 Å². The zero-order valence-electron chi connectivity index (χ0n) is 13.7. The van der Waals surface area contributed by atoms with Crippen LogP contribution in [0.5, 0.6) is 0 Å². The van der Waals surface area contributed by atoms with E-state index in [-0.39, 0.29) is 11.9 Å². The Kier molecular flexibility index (Phi) is 5.42. The number of hydrogen-bond acceptors (Lipinski definition) is 5. The molecule has 3 rings (SSSR count). The molecule has 2 aromatic rings. The summed E-state index contributed by atoms with van der Waals surface area (Å²) in [6.45, 7) is 1.61. The van der Waals surface area contributed by atoms with E-state index in [0.717, 1.165) is 29.9 Å². The molecule has 7 heteroatoms. The van der Waals surface area contributed by atoms with Crippen LogP contribution in [0.15, 0.2) is 24.3 Å². The molecular weight excluding hydrogens is 324 g/mol. The lowest BCUT2D eigenvalue weighted by molar-refractivity contribution is -0.120. The standard InChI is InChI=1S/C17H22N4O2S/c1-18-17(23)20-15(22)9-11-21-10-5-4-7-13(21)16-19-12-6-2-3-8-14(12)24-16/h2-3,6,8,13H,4-5,7,9-11H2,1H3,(H2,18,20,22,23)/t13-/m1/s1. The van der Waals surface area contributed by atoms with Gasteiger partial charge >= 0.3 is 6.03 Å². The molecule has 24 heavy (non-hydrogen) atoms. The molecule has 6 nitrogen and oxygen atoms in total. The number of para-hydroxylation sites is 1. The normalized spacial score (nSPS) is 18.5. The van der Waals surface area contributed by atoms with Crippen LogP contribution in [0.25, 0.3) is 10.2 Å². The van der Waals surface area contributed by atoms with Gasteiger partial charge in [0, 0.05) is 20.0 Å². The summed E-state index contributed by atoms with van der Waals surface area (Å²) in [6.07, 6.45) is 3.70. The highest BCUT2D eigenvalue weighted by Crippen LogP contribution is 2.35. The number of benzene rings is 1. The molecule has 0 aliphatic carbocycles. The molecule has 1 aliphatic rings. The fraction of sp³-hybridized carbons (Fsp3) is 0.471. The molecule has 0 saturated carbocycles. The third-order valence-electron chi connectivity index (χ3n) is 4.32. The fourth-order valence-electron chi connectivity index (χ4n) is 3.07. The first-order valence-corrected chi connectivity index (χ1v) is 9.10. The predicted molar refractivity (Wildman–Crippen MR) is 95.0 cm³/mol. The summed E-state index contributed by atoms with van der Waals surface area (Å²) in [6, 6.07) is 7.99. The van der Waals surface area contributed by atoms with E-state index >= 15 is 0 Å². The van der Waals surface area contributed by atoms with Crippen LogP contribution in [0.4, 0.5) is 4.79 Å². The van der Waals surface area contributed by atoms with E-state index < -0.39 is 6.03 Å². The van der Waals surface area contributed by atoms with Crippen LogP contribution in [-0.4, -0.2) is 42.0 Å². The summed E-state index contributed by atoms with van der Waals surface area (Å²) in [7, 11) is 1.50. The van der Waals surface area contributed by atoms with E-state index in [0.29, 0.717) is 13.0 Å². The van der Waals surface area contributed by atoms with Crippen LogP contribution in [-0.2, 0) is 4.79 Å². The minimum absolute atomic E-state index is 0.247. The molecule has 2 N–H and O–H groups in total. The van der Waals surface area contributed by atoms with E-state index in [2.05, 4.69) is 21.6 Å². The first-order chi connectivity index (χ1) is 11.7. The molecule has 0 bridgehead atoms. The van der Waals surface area contributed by atoms with Crippen LogP contribution in [0.2, 0.25) is 0 Å². The molecule has 2 heterocycles. The lowest BCUT2D eigenvalue weighted by atomic mass is 10.0. The minimum Gasteiger partial charge on any atom is -0.341 e. The number of thiazole rings is 1. The van der Waals surface area contributed by atoms with Gasteiger partial charge in [-0.2, -0.15) is 0 Å². The van der Waals surface area contributed by atoms with Gasteiger partial charge in [-0.05, 0) is 31.5 Å². The summed E-state index contributed by atoms with van der Waals surface area (Å²) >= 11 is 1.74. The van der Waals surface area contributed by atoms with Crippen molar-refractivity contribution in [2.75, 3.05) is 20.1 Å². The Morgan fingerprint density at radius 3 is 2.96 bits per heavy atom. The molecule has 0 unspecified atom stereocenters. The van der Waals surface area contributed by atoms with E-state index in [9.17, 15) is 9.59 Å². The quantitative estimate of drug-likeness (QED) is 0.892. The number of piperidine rings is 1. The number of aromatic nitrogens is 1. The molecule has 1 aromatic carbocycles. The van der Waals surface area contributed by atoms with E-state index in [1.54, 1.807) is 11.3 Å². The molecule has 128 valence electrons. The summed E-state index contributed by atoms with van der Waals surface area (Å²) in [5.74, 6) is -0.247. The number of urea groups is 1. The van der Waals surface area contributed by atoms with Gasteiger partial charge in [0.25, 0.3) is 0 Å². The number of carbonyl (C=O) groups is 2. The highest BCUT2D eigenvalue weighted by Gasteiger charge is 2.27. The van der Waals surface area contributed by atoms with Gasteiger partial charge in [-0.3, -0.25) is 15.0 Å². The van der Waals surface area contributed by atoms with Crippen molar-refractivity contribution in [2.45, 2.75) is 31.7 Å². The van der Waals surface area contributed by atoms with Crippen LogP contribution in [0.3, 0.4) is 0 Å². The van der Waals surface area contributed by atoms with Crippen LogP contribution in [0.1, 0.15) is 36.7 Å². The second kappa shape index (κ2) is 7.72. The molecule has 3 amide bonds. The van der Waals surface area contributed by atoms with Crippen molar-refractivity contribution in [2.24, 2.45) is 0 Å². The predicted octanol–water partition coefficient (Wildman–Crippen LogP) is 2.67. The molecule has 0 spiro atoms. The van der Waals surface area contributed by atoms with Crippen molar-refractivity contribution in [3.8, 4) is 0 Å². The summed E-state index contributed by atoms with van der Waals surface area (Å²) in [4.78, 5) is 30.1. The van der Waals surface area contributed by atoms with Gasteiger partial charge in [0.15, 0.2) is 0 Å². The van der Waals surface area contributed by atoms with Gasteiger partial charge in [-0.1, -0.05) is 18.6 Å². The number of imide groups is 1. The second-order valence-electron chi connectivity index (χ2n) is 5.94. The molecule has 1 atom stereocenters. The van der Waals surface area contributed by atoms with E-state index in [1.807, 2.05) is 18.2 Å². The maximum absolute atomic E-state index is 11.8. The third kappa shape index (κ3) is 3.91. The molecule has 1 saturated heterocycles. The van der Waals surface area contributed by atoms with Gasteiger partial charge < -0.3 is 5.32 Å². The van der Waals surface area contributed by atoms with Crippen molar-refractivity contribution in [1.82, 2.24) is 20.5 Å². The van der Waals surface area contributed by atoms with Gasteiger partial charge in [0.05, 0.1) is 16.3 Å². The number of likely N-dealkylation sites (tertiary alicyclic amines) is 1. The number of fused-ring (bicyclic) bond motifs is 1. The van der Waals surface area contributed by atoms with Crippen LogP contribution >= 0.6 is 11.3 Å². The Labute approximate surface area is 145 Å². The number of amides is 3. The van der Waals surface area contributed by atoms with Crippen molar-refractivity contribution in [1.29, 1.82) is 0 Å². The minimum atomic E-state index is -0.457. The Balaban J connectivity index is 1.67. The average molecular weight is 346 g/mol. The highest BCUT2D eigenvalue weighted by atomic mass is 32.1. The fourth-order valence-corrected chi connectivity index (χ4v) is 4.20. The van der Waals surface area contributed by atoms with Crippen molar-refractivity contribution in [3.05, 3.63) is 29.3 Å². The zero-order valence-corrected chi connectivity index (χ0v) is 14.6. The van der Waals surface area contributed by atoms with E-state index in [4.69, 9.17) is 4.98 Å². The first kappa shape index (κ1) is 16.9. The smallest absolute Gasteiger partial charge is 0.321 e. The lowest BCUT2D eigenvalue weighted by Gasteiger charge is -2.34. The number of nitrogens with one attached hydrogen (secondary N) is 2. The molecule has 1 aromatic heterocycles. The Morgan fingerprint density at radius 1 is 1.33 bits per heavy atom. The largest absolute Gasteiger partial charge is 0.341 e. The Morgan fingerprint density at radius 2 is 2.17 bits per heavy atom. The Hall–Kier alpha value is -1.99. The number of carbonyl (C=O) groups excluding carboxylic acids is 2. The third-order valence-corrected chi connectivity index (χ3v) is 5.45. The number of rotatable bonds is 4. The summed E-state index contributed by atoms with van der Waals surface area (Å²) < 4.78 is 1.20. The number of nitrogens with zero attached hydrogens (tertiary/aromatic N) is 2. The lowest BCUT2D eigenvalue weighted by Crippen LogP contribution is -2.40. The second-order valence-corrected chi connectivity index (χ2v) is 7.01. The maximum Gasteiger partial charge on any atom is 0.321 e. The van der Waals surface area contributed by atoms with Crippen molar-refractivity contribution < 1.29 is 9.59 Å². The van der Waals surface area contributed by atoms with Crippen molar-refractivity contribution >= 4 is 33.5 Å². The van der Waals surface area contributed by atoms with E-state index in [1.165, 1.54) is 18.2 Å². The first-order valence-electron chi connectivity index (χ1n) is 8.28. The highest BCUT2D eigenvalue weighted by molar-refractivity contribution is 7.18. The SMILES string of the molecule is CNC(=O)NC(=O)CCN1CCCC[C@@H]1c1nc2ccccc2s1. The average Bonchev–Trinajstić information content (AvgIpc) is 3.04. The van der Waals surface area contributed by atoms with Crippen LogP contribution < -0.4 is 10.6 Å². The Bertz CT molecular complexity index is 697.